The van der Waals surface area contributed by atoms with Crippen molar-refractivity contribution in [2.24, 2.45) is 0 Å². The molecule has 0 radical (unpaired) electrons. The number of fused-ring (bicyclic) bond motifs is 1. The molecule has 1 N–H and O–H groups in total. The molecule has 2 atom stereocenters. The van der Waals surface area contributed by atoms with Crippen LogP contribution in [0.2, 0.25) is 0 Å². The zero-order valence-corrected chi connectivity index (χ0v) is 18.3. The molecule has 33 heavy (non-hydrogen) atoms. The van der Waals surface area contributed by atoms with Crippen LogP contribution in [-0.2, 0) is 20.7 Å². The quantitative estimate of drug-likeness (QED) is 0.171. The first-order valence-electron chi connectivity index (χ1n) is 10.6. The number of nitrogens with zero attached hydrogens (tertiary/aromatic N) is 2. The molecular weight excluding hydrogens is 428 g/mol. The largest absolute Gasteiger partial charge is 0.507 e. The maximum absolute atomic E-state index is 13.0. The lowest BCUT2D eigenvalue weighted by Gasteiger charge is -2.25. The number of amides is 1. The van der Waals surface area contributed by atoms with Gasteiger partial charge in [-0.25, -0.2) is 0 Å². The van der Waals surface area contributed by atoms with Crippen molar-refractivity contribution in [3.8, 4) is 5.75 Å². The maximum atomic E-state index is 13.0. The van der Waals surface area contributed by atoms with Crippen LogP contribution in [0.1, 0.15) is 36.1 Å². The molecular formula is C24H24N2O7. The van der Waals surface area contributed by atoms with Crippen LogP contribution in [0.5, 0.6) is 5.75 Å². The summed E-state index contributed by atoms with van der Waals surface area (Å²) in [5, 5.41) is 22.2. The fraction of sp³-hybridized carbons (Fsp3) is 0.333. The lowest BCUT2D eigenvalue weighted by Crippen LogP contribution is -2.31. The van der Waals surface area contributed by atoms with E-state index in [2.05, 4.69) is 0 Å². The highest BCUT2D eigenvalue weighted by molar-refractivity contribution is 6.46. The van der Waals surface area contributed by atoms with Gasteiger partial charge >= 0.3 is 0 Å². The van der Waals surface area contributed by atoms with Gasteiger partial charge < -0.3 is 19.5 Å². The minimum atomic E-state index is -0.869. The summed E-state index contributed by atoms with van der Waals surface area (Å²) in [7, 11) is 1.54. The van der Waals surface area contributed by atoms with E-state index in [9.17, 15) is 24.8 Å². The fourth-order valence-electron chi connectivity index (χ4n) is 4.34. The van der Waals surface area contributed by atoms with Gasteiger partial charge in [-0.05, 0) is 54.8 Å². The van der Waals surface area contributed by atoms with Crippen LogP contribution in [0.4, 0.5) is 5.69 Å². The monoisotopic (exact) mass is 452 g/mol. The number of Topliss-reactive ketones (excluding diaryl/α,β-unsaturated/α-hetero) is 1. The Hall–Kier alpha value is -3.72. The van der Waals surface area contributed by atoms with E-state index in [1.54, 1.807) is 25.3 Å². The van der Waals surface area contributed by atoms with Gasteiger partial charge in [-0.15, -0.1) is 0 Å². The van der Waals surface area contributed by atoms with E-state index in [0.29, 0.717) is 30.6 Å². The summed E-state index contributed by atoms with van der Waals surface area (Å²) in [4.78, 5) is 37.9. The molecule has 2 aromatic rings. The van der Waals surface area contributed by atoms with Gasteiger partial charge in [0.25, 0.3) is 17.4 Å². The predicted octanol–water partition coefficient (Wildman–Crippen LogP) is 3.38. The van der Waals surface area contributed by atoms with Crippen molar-refractivity contribution in [2.75, 3.05) is 20.3 Å². The van der Waals surface area contributed by atoms with E-state index in [-0.39, 0.29) is 29.7 Å². The van der Waals surface area contributed by atoms with Crippen LogP contribution in [0.15, 0.2) is 48.0 Å². The van der Waals surface area contributed by atoms with Crippen LogP contribution in [0, 0.1) is 10.1 Å². The van der Waals surface area contributed by atoms with E-state index in [1.807, 2.05) is 6.92 Å². The van der Waals surface area contributed by atoms with Crippen molar-refractivity contribution in [3.63, 3.8) is 0 Å². The standard InChI is InChI=1S/C24H24N2O7/c1-14-12-17-13-16(6-9-19(17)33-14)22(27)20-21(15-4-7-18(8-5-15)26(30)31)25(10-3-11-32-2)24(29)23(20)28/h4-9,13-14,21,27H,3,10-12H2,1-2H3/b22-20+. The van der Waals surface area contributed by atoms with Gasteiger partial charge in [0.15, 0.2) is 0 Å². The Morgan fingerprint density at radius 3 is 2.64 bits per heavy atom. The summed E-state index contributed by atoms with van der Waals surface area (Å²) >= 11 is 0. The molecule has 1 fully saturated rings. The minimum Gasteiger partial charge on any atom is -0.507 e. The molecule has 1 amide bonds. The first-order valence-corrected chi connectivity index (χ1v) is 10.6. The van der Waals surface area contributed by atoms with Gasteiger partial charge in [-0.1, -0.05) is 0 Å². The third-order valence-corrected chi connectivity index (χ3v) is 5.88. The predicted molar refractivity (Wildman–Crippen MR) is 119 cm³/mol. The van der Waals surface area contributed by atoms with Crippen molar-refractivity contribution in [3.05, 3.63) is 74.8 Å². The molecule has 2 aromatic carbocycles. The third-order valence-electron chi connectivity index (χ3n) is 5.88. The molecule has 2 aliphatic rings. The molecule has 0 saturated carbocycles. The van der Waals surface area contributed by atoms with E-state index in [4.69, 9.17) is 9.47 Å². The highest BCUT2D eigenvalue weighted by atomic mass is 16.6. The zero-order valence-electron chi connectivity index (χ0n) is 18.3. The van der Waals surface area contributed by atoms with Crippen molar-refractivity contribution in [2.45, 2.75) is 31.9 Å². The lowest BCUT2D eigenvalue weighted by molar-refractivity contribution is -0.384. The van der Waals surface area contributed by atoms with E-state index < -0.39 is 22.7 Å². The van der Waals surface area contributed by atoms with Crippen LogP contribution < -0.4 is 4.74 Å². The van der Waals surface area contributed by atoms with Crippen molar-refractivity contribution >= 4 is 23.1 Å². The SMILES string of the molecule is COCCCN1C(=O)C(=O)/C(=C(/O)c2ccc3c(c2)CC(C)O3)C1c1ccc([N+](=O)[O-])cc1. The van der Waals surface area contributed by atoms with Gasteiger partial charge in [-0.2, -0.15) is 0 Å². The maximum Gasteiger partial charge on any atom is 0.295 e. The highest BCUT2D eigenvalue weighted by Crippen LogP contribution is 2.41. The number of non-ortho nitro benzene ring substituents is 1. The van der Waals surface area contributed by atoms with Crippen molar-refractivity contribution in [1.29, 1.82) is 0 Å². The van der Waals surface area contributed by atoms with Crippen molar-refractivity contribution < 1.29 is 29.1 Å². The van der Waals surface area contributed by atoms with Gasteiger partial charge in [0, 0.05) is 44.4 Å². The molecule has 0 bridgehead atoms. The van der Waals surface area contributed by atoms with Crippen molar-refractivity contribution in [1.82, 2.24) is 4.90 Å². The number of hydrogen-bond acceptors (Lipinski definition) is 7. The number of hydrogen-bond donors (Lipinski definition) is 1. The number of nitro benzene ring substituents is 1. The first-order chi connectivity index (χ1) is 15.8. The second-order valence-corrected chi connectivity index (χ2v) is 8.14. The fourth-order valence-corrected chi connectivity index (χ4v) is 4.34. The number of likely N-dealkylation sites (tertiary alicyclic amines) is 1. The summed E-state index contributed by atoms with van der Waals surface area (Å²) in [5.41, 5.74) is 1.67. The Morgan fingerprint density at radius 1 is 1.24 bits per heavy atom. The number of ether oxygens (including phenoxy) is 2. The number of rotatable bonds is 7. The lowest BCUT2D eigenvalue weighted by atomic mass is 9.94. The molecule has 172 valence electrons. The Kier molecular flexibility index (Phi) is 6.15. The topological polar surface area (TPSA) is 119 Å². The second kappa shape index (κ2) is 9.03. The molecule has 9 heteroatoms. The number of methoxy groups -OCH3 is 1. The number of aliphatic hydroxyl groups excluding tert-OH is 1. The average Bonchev–Trinajstić information content (AvgIpc) is 3.29. The normalized spacial score (nSPS) is 21.2. The zero-order chi connectivity index (χ0) is 23.7. The summed E-state index contributed by atoms with van der Waals surface area (Å²) in [6, 6.07) is 9.93. The molecule has 1 saturated heterocycles. The summed E-state index contributed by atoms with van der Waals surface area (Å²) in [6.45, 7) is 2.56. The Morgan fingerprint density at radius 2 is 1.97 bits per heavy atom. The molecule has 2 unspecified atom stereocenters. The van der Waals surface area contributed by atoms with Gasteiger partial charge in [0.2, 0.25) is 0 Å². The van der Waals surface area contributed by atoms with E-state index in [0.717, 1.165) is 11.3 Å². The molecule has 2 heterocycles. The smallest absolute Gasteiger partial charge is 0.295 e. The summed E-state index contributed by atoms with van der Waals surface area (Å²) in [5.74, 6) is -1.08. The number of aliphatic hydroxyl groups is 1. The number of carbonyl (C=O) groups excluding carboxylic acids is 2. The van der Waals surface area contributed by atoms with E-state index >= 15 is 0 Å². The number of carbonyl (C=O) groups is 2. The molecule has 4 rings (SSSR count). The summed E-state index contributed by atoms with van der Waals surface area (Å²) < 4.78 is 10.8. The van der Waals surface area contributed by atoms with Crippen LogP contribution in [0.25, 0.3) is 5.76 Å². The third kappa shape index (κ3) is 4.19. The average molecular weight is 452 g/mol. The Labute approximate surface area is 190 Å². The first kappa shape index (κ1) is 22.5. The van der Waals surface area contributed by atoms with Gasteiger partial charge in [0.1, 0.15) is 17.6 Å². The Bertz CT molecular complexity index is 1140. The molecule has 0 spiro atoms. The Balaban J connectivity index is 1.79. The molecule has 0 aromatic heterocycles. The minimum absolute atomic E-state index is 0.0175. The summed E-state index contributed by atoms with van der Waals surface area (Å²) in [6.07, 6.45) is 1.18. The molecule has 2 aliphatic heterocycles. The van der Waals surface area contributed by atoms with Gasteiger partial charge in [-0.3, -0.25) is 19.7 Å². The highest BCUT2D eigenvalue weighted by Gasteiger charge is 2.46. The second-order valence-electron chi connectivity index (χ2n) is 8.14. The van der Waals surface area contributed by atoms with Crippen LogP contribution >= 0.6 is 0 Å². The van der Waals surface area contributed by atoms with Crippen LogP contribution in [0.3, 0.4) is 0 Å². The molecule has 0 aliphatic carbocycles. The number of benzene rings is 2. The number of ketones is 1. The van der Waals surface area contributed by atoms with Crippen LogP contribution in [-0.4, -0.2) is 53.0 Å². The molecule has 9 nitrogen and oxygen atoms in total. The van der Waals surface area contributed by atoms with E-state index in [1.165, 1.54) is 29.2 Å². The van der Waals surface area contributed by atoms with Gasteiger partial charge in [0.05, 0.1) is 16.5 Å². The number of nitro groups is 1.